The van der Waals surface area contributed by atoms with Gasteiger partial charge in [0.15, 0.2) is 0 Å². The topological polar surface area (TPSA) is 74.6 Å². The van der Waals surface area contributed by atoms with Crippen LogP contribution in [0.25, 0.3) is 0 Å². The van der Waals surface area contributed by atoms with Crippen molar-refractivity contribution in [3.63, 3.8) is 0 Å². The van der Waals surface area contributed by atoms with Gasteiger partial charge in [-0.25, -0.2) is 4.39 Å². The number of aliphatic carboxylic acids is 2. The summed E-state index contributed by atoms with van der Waals surface area (Å²) in [5.41, 5.74) is -1.94. The Bertz CT molecular complexity index is 475. The summed E-state index contributed by atoms with van der Waals surface area (Å²) < 4.78 is 14.1. The molecule has 92 valence electrons. The third-order valence-corrected chi connectivity index (χ3v) is 2.99. The van der Waals surface area contributed by atoms with Crippen molar-refractivity contribution < 1.29 is 24.2 Å². The second kappa shape index (κ2) is 4.83. The fourth-order valence-corrected chi connectivity index (χ4v) is 1.87. The Hall–Kier alpha value is -1.43. The molecule has 0 spiro atoms. The van der Waals surface area contributed by atoms with E-state index in [4.69, 9.17) is 10.2 Å². The first-order valence-corrected chi connectivity index (χ1v) is 5.47. The lowest BCUT2D eigenvalue weighted by Crippen LogP contribution is -2.35. The van der Waals surface area contributed by atoms with Crippen LogP contribution in [0.3, 0.4) is 0 Å². The molecule has 4 nitrogen and oxygen atoms in total. The van der Waals surface area contributed by atoms with E-state index < -0.39 is 29.6 Å². The Morgan fingerprint density at radius 2 is 2.00 bits per heavy atom. The minimum absolute atomic E-state index is 0.151. The zero-order valence-electron chi connectivity index (χ0n) is 8.91. The maximum atomic E-state index is 13.6. The number of hydrogen-bond acceptors (Lipinski definition) is 2. The van der Waals surface area contributed by atoms with Gasteiger partial charge >= 0.3 is 11.9 Å². The largest absolute Gasteiger partial charge is 0.481 e. The number of hydrogen-bond donors (Lipinski definition) is 2. The Balaban J connectivity index is 3.36. The molecule has 0 aliphatic heterocycles. The molecule has 1 atom stereocenters. The Labute approximate surface area is 105 Å². The van der Waals surface area contributed by atoms with Gasteiger partial charge in [0.1, 0.15) is 11.2 Å². The Morgan fingerprint density at radius 1 is 1.41 bits per heavy atom. The molecule has 0 amide bonds. The minimum atomic E-state index is -1.79. The van der Waals surface area contributed by atoms with Crippen molar-refractivity contribution in [3.05, 3.63) is 34.1 Å². The highest BCUT2D eigenvalue weighted by molar-refractivity contribution is 9.10. The zero-order valence-corrected chi connectivity index (χ0v) is 10.5. The summed E-state index contributed by atoms with van der Waals surface area (Å²) in [4.78, 5) is 21.9. The molecule has 0 bridgehead atoms. The minimum Gasteiger partial charge on any atom is -0.481 e. The van der Waals surface area contributed by atoms with Crippen molar-refractivity contribution in [1.82, 2.24) is 0 Å². The predicted octanol–water partition coefficient (Wildman–Crippen LogP) is 2.41. The van der Waals surface area contributed by atoms with Gasteiger partial charge < -0.3 is 10.2 Å². The van der Waals surface area contributed by atoms with Crippen molar-refractivity contribution in [3.8, 4) is 0 Å². The average Bonchev–Trinajstić information content (AvgIpc) is 2.20. The van der Waals surface area contributed by atoms with Gasteiger partial charge in [0, 0.05) is 10.0 Å². The van der Waals surface area contributed by atoms with E-state index in [1.54, 1.807) is 0 Å². The highest BCUT2D eigenvalue weighted by Crippen LogP contribution is 2.32. The fraction of sp³-hybridized carbons (Fsp3) is 0.273. The molecule has 6 heteroatoms. The quantitative estimate of drug-likeness (QED) is 0.896. The molecule has 0 fully saturated rings. The lowest BCUT2D eigenvalue weighted by Gasteiger charge is -2.24. The maximum Gasteiger partial charge on any atom is 0.314 e. The molecule has 1 aromatic rings. The summed E-state index contributed by atoms with van der Waals surface area (Å²) in [6.45, 7) is 1.19. The molecular weight excluding hydrogens is 295 g/mol. The number of carbonyl (C=O) groups is 2. The molecule has 0 saturated carbocycles. The van der Waals surface area contributed by atoms with Crippen molar-refractivity contribution in [2.75, 3.05) is 0 Å². The van der Waals surface area contributed by atoms with E-state index in [-0.39, 0.29) is 5.56 Å². The van der Waals surface area contributed by atoms with Crippen LogP contribution in [-0.4, -0.2) is 22.2 Å². The number of carboxylic acids is 2. The van der Waals surface area contributed by atoms with Crippen LogP contribution in [0.5, 0.6) is 0 Å². The maximum absolute atomic E-state index is 13.6. The highest BCUT2D eigenvalue weighted by atomic mass is 79.9. The lowest BCUT2D eigenvalue weighted by atomic mass is 9.79. The fourth-order valence-electron chi connectivity index (χ4n) is 1.51. The number of rotatable bonds is 4. The van der Waals surface area contributed by atoms with E-state index in [0.717, 1.165) is 6.07 Å². The summed E-state index contributed by atoms with van der Waals surface area (Å²) in [5.74, 6) is -3.41. The second-order valence-corrected chi connectivity index (χ2v) is 4.75. The summed E-state index contributed by atoms with van der Waals surface area (Å²) in [6, 6.07) is 3.80. The van der Waals surface area contributed by atoms with Crippen LogP contribution in [0, 0.1) is 5.82 Å². The van der Waals surface area contributed by atoms with Crippen LogP contribution in [0.2, 0.25) is 0 Å². The van der Waals surface area contributed by atoms with Crippen LogP contribution >= 0.6 is 15.9 Å². The molecule has 0 aliphatic rings. The first-order chi connectivity index (χ1) is 7.77. The van der Waals surface area contributed by atoms with Gasteiger partial charge in [-0.05, 0) is 25.1 Å². The van der Waals surface area contributed by atoms with Crippen molar-refractivity contribution in [2.24, 2.45) is 0 Å². The van der Waals surface area contributed by atoms with Crippen molar-refractivity contribution in [1.29, 1.82) is 0 Å². The molecule has 0 aliphatic carbocycles. The normalized spacial score (nSPS) is 14.1. The zero-order chi connectivity index (χ0) is 13.2. The molecule has 0 heterocycles. The van der Waals surface area contributed by atoms with Gasteiger partial charge in [-0.2, -0.15) is 0 Å². The SMILES string of the molecule is CC(CC(=O)O)(C(=O)O)c1cc(Br)ccc1F. The first-order valence-electron chi connectivity index (χ1n) is 4.68. The average molecular weight is 305 g/mol. The lowest BCUT2D eigenvalue weighted by molar-refractivity contribution is -0.149. The van der Waals surface area contributed by atoms with Crippen molar-refractivity contribution >= 4 is 27.9 Å². The van der Waals surface area contributed by atoms with Crippen LogP contribution in [0.4, 0.5) is 4.39 Å². The summed E-state index contributed by atoms with van der Waals surface area (Å²) in [5, 5.41) is 17.8. The monoisotopic (exact) mass is 304 g/mol. The predicted molar refractivity (Wildman–Crippen MR) is 61.3 cm³/mol. The van der Waals surface area contributed by atoms with Gasteiger partial charge in [0.05, 0.1) is 6.42 Å². The van der Waals surface area contributed by atoms with Gasteiger partial charge in [-0.1, -0.05) is 15.9 Å². The summed E-state index contributed by atoms with van der Waals surface area (Å²) in [6.07, 6.45) is -0.685. The van der Waals surface area contributed by atoms with Gasteiger partial charge in [-0.3, -0.25) is 9.59 Å². The van der Waals surface area contributed by atoms with E-state index in [1.165, 1.54) is 19.1 Å². The summed E-state index contributed by atoms with van der Waals surface area (Å²) >= 11 is 3.10. The Kier molecular flexibility index (Phi) is 3.87. The van der Waals surface area contributed by atoms with Crippen LogP contribution in [0.1, 0.15) is 18.9 Å². The van der Waals surface area contributed by atoms with Crippen LogP contribution in [-0.2, 0) is 15.0 Å². The van der Waals surface area contributed by atoms with Gasteiger partial charge in [-0.15, -0.1) is 0 Å². The summed E-state index contributed by atoms with van der Waals surface area (Å²) in [7, 11) is 0. The second-order valence-electron chi connectivity index (χ2n) is 3.83. The van der Waals surface area contributed by atoms with Crippen LogP contribution in [0.15, 0.2) is 22.7 Å². The molecule has 1 rings (SSSR count). The molecule has 1 aromatic carbocycles. The van der Waals surface area contributed by atoms with Gasteiger partial charge in [0.2, 0.25) is 0 Å². The highest BCUT2D eigenvalue weighted by Gasteiger charge is 2.39. The third kappa shape index (κ3) is 2.82. The number of benzene rings is 1. The number of halogens is 2. The first kappa shape index (κ1) is 13.6. The molecule has 0 radical (unpaired) electrons. The molecule has 1 unspecified atom stereocenters. The third-order valence-electron chi connectivity index (χ3n) is 2.50. The number of carboxylic acid groups (broad SMARTS) is 2. The Morgan fingerprint density at radius 3 is 2.47 bits per heavy atom. The standard InChI is InChI=1S/C11H10BrFO4/c1-11(10(16)17,5-9(14)15)7-4-6(12)2-3-8(7)13/h2-4H,5H2,1H3,(H,14,15)(H,16,17). The van der Waals surface area contributed by atoms with E-state index in [9.17, 15) is 14.0 Å². The molecule has 2 N–H and O–H groups in total. The molecule has 0 aromatic heterocycles. The molecular formula is C11H10BrFO4. The molecule has 0 saturated heterocycles. The van der Waals surface area contributed by atoms with Gasteiger partial charge in [0.25, 0.3) is 0 Å². The van der Waals surface area contributed by atoms with E-state index >= 15 is 0 Å². The van der Waals surface area contributed by atoms with E-state index in [1.807, 2.05) is 0 Å². The smallest absolute Gasteiger partial charge is 0.314 e. The van der Waals surface area contributed by atoms with E-state index in [0.29, 0.717) is 4.47 Å². The molecule has 17 heavy (non-hydrogen) atoms. The van der Waals surface area contributed by atoms with Crippen molar-refractivity contribution in [2.45, 2.75) is 18.8 Å². The van der Waals surface area contributed by atoms with E-state index in [2.05, 4.69) is 15.9 Å². The van der Waals surface area contributed by atoms with Crippen LogP contribution < -0.4 is 0 Å².